The van der Waals surface area contributed by atoms with Crippen molar-refractivity contribution >= 4 is 17.6 Å². The Kier molecular flexibility index (Phi) is 3.23. The van der Waals surface area contributed by atoms with Crippen LogP contribution in [0.2, 0.25) is 0 Å². The third-order valence-corrected chi connectivity index (χ3v) is 2.87. The van der Waals surface area contributed by atoms with Crippen LogP contribution in [0.1, 0.15) is 20.9 Å². The SMILES string of the molecule is O=C(O)c1coc(C(=O)Nc2ccc3c(c2)OCCO3)c1. The summed E-state index contributed by atoms with van der Waals surface area (Å²) in [7, 11) is 0. The van der Waals surface area contributed by atoms with Gasteiger partial charge in [0.2, 0.25) is 0 Å². The Bertz CT molecular complexity index is 705. The van der Waals surface area contributed by atoms with E-state index in [1.807, 2.05) is 0 Å². The Balaban J connectivity index is 1.76. The minimum absolute atomic E-state index is 0.0812. The molecule has 3 rings (SSSR count). The lowest BCUT2D eigenvalue weighted by Gasteiger charge is -2.18. The number of hydrogen-bond acceptors (Lipinski definition) is 5. The van der Waals surface area contributed by atoms with Crippen LogP contribution in [0.15, 0.2) is 34.9 Å². The Labute approximate surface area is 119 Å². The summed E-state index contributed by atoms with van der Waals surface area (Å²) >= 11 is 0. The fourth-order valence-electron chi connectivity index (χ4n) is 1.88. The Morgan fingerprint density at radius 2 is 1.86 bits per heavy atom. The molecule has 2 aromatic rings. The van der Waals surface area contributed by atoms with Gasteiger partial charge in [-0.15, -0.1) is 0 Å². The third-order valence-electron chi connectivity index (χ3n) is 2.87. The first-order valence-electron chi connectivity index (χ1n) is 6.16. The molecule has 0 saturated heterocycles. The van der Waals surface area contributed by atoms with Crippen molar-refractivity contribution in [3.63, 3.8) is 0 Å². The zero-order chi connectivity index (χ0) is 14.8. The molecule has 1 aromatic heterocycles. The van der Waals surface area contributed by atoms with E-state index < -0.39 is 11.9 Å². The summed E-state index contributed by atoms with van der Waals surface area (Å²) in [5.74, 6) is -0.617. The maximum Gasteiger partial charge on any atom is 0.338 e. The average molecular weight is 289 g/mol. The predicted octanol–water partition coefficient (Wildman–Crippen LogP) is 2.00. The van der Waals surface area contributed by atoms with Gasteiger partial charge in [-0.2, -0.15) is 0 Å². The van der Waals surface area contributed by atoms with Gasteiger partial charge in [-0.25, -0.2) is 4.79 Å². The maximum absolute atomic E-state index is 11.9. The third kappa shape index (κ3) is 2.66. The van der Waals surface area contributed by atoms with Crippen LogP contribution in [0.5, 0.6) is 11.5 Å². The number of carbonyl (C=O) groups excluding carboxylic acids is 1. The number of furan rings is 1. The molecule has 1 aliphatic heterocycles. The summed E-state index contributed by atoms with van der Waals surface area (Å²) in [6.07, 6.45) is 1.01. The van der Waals surface area contributed by atoms with Gasteiger partial charge in [0, 0.05) is 17.8 Å². The Hall–Kier alpha value is -2.96. The van der Waals surface area contributed by atoms with E-state index in [1.54, 1.807) is 18.2 Å². The van der Waals surface area contributed by atoms with E-state index in [2.05, 4.69) is 5.32 Å². The first-order chi connectivity index (χ1) is 10.1. The topological polar surface area (TPSA) is 98.0 Å². The molecule has 21 heavy (non-hydrogen) atoms. The van der Waals surface area contributed by atoms with Gasteiger partial charge in [0.15, 0.2) is 17.3 Å². The molecule has 7 heteroatoms. The van der Waals surface area contributed by atoms with Crippen molar-refractivity contribution in [2.45, 2.75) is 0 Å². The minimum atomic E-state index is -1.16. The number of carbonyl (C=O) groups is 2. The van der Waals surface area contributed by atoms with Crippen molar-refractivity contribution in [2.75, 3.05) is 18.5 Å². The molecule has 0 fully saturated rings. The van der Waals surface area contributed by atoms with Gasteiger partial charge < -0.3 is 24.3 Å². The lowest BCUT2D eigenvalue weighted by Crippen LogP contribution is -2.16. The number of fused-ring (bicyclic) bond motifs is 1. The molecule has 1 amide bonds. The first-order valence-corrected chi connectivity index (χ1v) is 6.16. The van der Waals surface area contributed by atoms with Crippen LogP contribution >= 0.6 is 0 Å². The number of anilines is 1. The van der Waals surface area contributed by atoms with Crippen molar-refractivity contribution in [2.24, 2.45) is 0 Å². The molecule has 0 atom stereocenters. The van der Waals surface area contributed by atoms with Gasteiger partial charge in [0.05, 0.1) is 5.56 Å². The van der Waals surface area contributed by atoms with Crippen molar-refractivity contribution in [3.8, 4) is 11.5 Å². The summed E-state index contributed by atoms with van der Waals surface area (Å²) in [6.45, 7) is 0.938. The van der Waals surface area contributed by atoms with E-state index >= 15 is 0 Å². The van der Waals surface area contributed by atoms with Crippen LogP contribution in [-0.2, 0) is 0 Å². The number of nitrogens with one attached hydrogen (secondary N) is 1. The molecule has 0 radical (unpaired) electrons. The van der Waals surface area contributed by atoms with E-state index in [-0.39, 0.29) is 11.3 Å². The van der Waals surface area contributed by atoms with Crippen molar-refractivity contribution in [3.05, 3.63) is 41.9 Å². The molecule has 0 saturated carbocycles. The monoisotopic (exact) mass is 289 g/mol. The van der Waals surface area contributed by atoms with Crippen LogP contribution in [-0.4, -0.2) is 30.2 Å². The molecule has 1 aliphatic rings. The van der Waals surface area contributed by atoms with E-state index in [1.165, 1.54) is 0 Å². The van der Waals surface area contributed by atoms with Crippen LogP contribution < -0.4 is 14.8 Å². The quantitative estimate of drug-likeness (QED) is 0.896. The predicted molar refractivity (Wildman–Crippen MR) is 71.1 cm³/mol. The maximum atomic E-state index is 11.9. The summed E-state index contributed by atoms with van der Waals surface area (Å²) in [5, 5.41) is 11.4. The standard InChI is InChI=1S/C14H11NO6/c16-13(12-5-8(7-21-12)14(17)18)15-9-1-2-10-11(6-9)20-4-3-19-10/h1-2,5-7H,3-4H2,(H,15,16)(H,17,18). The van der Waals surface area contributed by atoms with Gasteiger partial charge in [0.25, 0.3) is 5.91 Å². The fraction of sp³-hybridized carbons (Fsp3) is 0.143. The number of amides is 1. The van der Waals surface area contributed by atoms with Crippen molar-refractivity contribution in [1.82, 2.24) is 0 Å². The highest BCUT2D eigenvalue weighted by Gasteiger charge is 2.16. The van der Waals surface area contributed by atoms with Crippen LogP contribution in [0.4, 0.5) is 5.69 Å². The zero-order valence-electron chi connectivity index (χ0n) is 10.8. The molecule has 0 spiro atoms. The summed E-state index contributed by atoms with van der Waals surface area (Å²) in [5.41, 5.74) is 0.417. The number of hydrogen-bond donors (Lipinski definition) is 2. The minimum Gasteiger partial charge on any atom is -0.486 e. The van der Waals surface area contributed by atoms with E-state index in [0.29, 0.717) is 30.4 Å². The van der Waals surface area contributed by atoms with E-state index in [9.17, 15) is 9.59 Å². The van der Waals surface area contributed by atoms with Gasteiger partial charge in [-0.1, -0.05) is 0 Å². The Morgan fingerprint density at radius 1 is 1.10 bits per heavy atom. The number of rotatable bonds is 3. The summed E-state index contributed by atoms with van der Waals surface area (Å²) in [4.78, 5) is 22.7. The molecule has 2 N–H and O–H groups in total. The largest absolute Gasteiger partial charge is 0.486 e. The summed E-state index contributed by atoms with van der Waals surface area (Å²) in [6, 6.07) is 6.14. The van der Waals surface area contributed by atoms with Gasteiger partial charge in [-0.05, 0) is 12.1 Å². The van der Waals surface area contributed by atoms with Crippen molar-refractivity contribution < 1.29 is 28.6 Å². The zero-order valence-corrected chi connectivity index (χ0v) is 10.8. The van der Waals surface area contributed by atoms with E-state index in [0.717, 1.165) is 12.3 Å². The van der Waals surface area contributed by atoms with Gasteiger partial charge >= 0.3 is 5.97 Å². The van der Waals surface area contributed by atoms with Crippen LogP contribution in [0.25, 0.3) is 0 Å². The molecular formula is C14H11NO6. The van der Waals surface area contributed by atoms with Crippen LogP contribution in [0, 0.1) is 0 Å². The molecular weight excluding hydrogens is 278 g/mol. The normalized spacial score (nSPS) is 12.8. The highest BCUT2D eigenvalue weighted by molar-refractivity contribution is 6.03. The van der Waals surface area contributed by atoms with Crippen molar-refractivity contribution in [1.29, 1.82) is 0 Å². The lowest BCUT2D eigenvalue weighted by atomic mass is 10.2. The molecule has 2 heterocycles. The second-order valence-corrected chi connectivity index (χ2v) is 4.32. The van der Waals surface area contributed by atoms with Gasteiger partial charge in [-0.3, -0.25) is 4.79 Å². The smallest absolute Gasteiger partial charge is 0.338 e. The lowest BCUT2D eigenvalue weighted by molar-refractivity contribution is 0.0696. The molecule has 0 aliphatic carbocycles. The number of carboxylic acids is 1. The average Bonchev–Trinajstić information content (AvgIpc) is 2.97. The second kappa shape index (κ2) is 5.20. The fourth-order valence-corrected chi connectivity index (χ4v) is 1.88. The van der Waals surface area contributed by atoms with Gasteiger partial charge in [0.1, 0.15) is 19.5 Å². The summed E-state index contributed by atoms with van der Waals surface area (Å²) < 4.78 is 15.7. The molecule has 1 aromatic carbocycles. The first kappa shape index (κ1) is 13.0. The number of ether oxygens (including phenoxy) is 2. The highest BCUT2D eigenvalue weighted by Crippen LogP contribution is 2.32. The number of carboxylic acid groups (broad SMARTS) is 1. The number of aromatic carboxylic acids is 1. The Morgan fingerprint density at radius 3 is 2.57 bits per heavy atom. The molecule has 0 unspecified atom stereocenters. The number of benzene rings is 1. The highest BCUT2D eigenvalue weighted by atomic mass is 16.6. The molecule has 108 valence electrons. The van der Waals surface area contributed by atoms with E-state index in [4.69, 9.17) is 19.0 Å². The second-order valence-electron chi connectivity index (χ2n) is 4.32. The van der Waals surface area contributed by atoms with Crippen LogP contribution in [0.3, 0.4) is 0 Å². The molecule has 7 nitrogen and oxygen atoms in total. The molecule has 0 bridgehead atoms.